The number of fused-ring (bicyclic) bond motifs is 5. The predicted octanol–water partition coefficient (Wildman–Crippen LogP) is 5.74. The molecule has 10 N–H and O–H groups in total. The van der Waals surface area contributed by atoms with Crippen molar-refractivity contribution in [2.24, 2.45) is 18.5 Å². The number of hydrogen-bond acceptors (Lipinski definition) is 17. The number of carbonyl (C=O) groups excluding carboxylic acids is 7. The number of aryl methyl sites for hydroxylation is 1. The number of piperidine rings is 2. The second-order valence-corrected chi connectivity index (χ2v) is 27.0. The zero-order valence-corrected chi connectivity index (χ0v) is 57.0. The molecule has 3 aromatic heterocycles. The Balaban J connectivity index is 0.612. The molecule has 2 aliphatic carbocycles. The van der Waals surface area contributed by atoms with E-state index in [1.807, 2.05) is 103 Å². The minimum absolute atomic E-state index is 0.0256. The predicted molar refractivity (Wildman–Crippen MR) is 382 cm³/mol. The number of nitrogens with two attached hydrogens (primary N) is 2. The van der Waals surface area contributed by atoms with Gasteiger partial charge in [0.25, 0.3) is 5.56 Å². The summed E-state index contributed by atoms with van der Waals surface area (Å²) in [5, 5.41) is 24.0. The van der Waals surface area contributed by atoms with Crippen LogP contribution in [0, 0.1) is 11.8 Å². The van der Waals surface area contributed by atoms with Crippen molar-refractivity contribution in [3.05, 3.63) is 172 Å². The van der Waals surface area contributed by atoms with Crippen LogP contribution in [0.25, 0.3) is 44.1 Å². The lowest BCUT2D eigenvalue weighted by Crippen LogP contribution is -2.59. The van der Waals surface area contributed by atoms with Gasteiger partial charge in [-0.05, 0) is 115 Å². The van der Waals surface area contributed by atoms with Crippen LogP contribution in [0.1, 0.15) is 98.6 Å². The second kappa shape index (κ2) is 29.7. The Morgan fingerprint density at radius 3 is 2.14 bits per heavy atom. The first kappa shape index (κ1) is 69.5. The number of H-pyrrole nitrogens is 1. The number of primary amides is 2. The number of nitrogens with one attached hydrogen (secondary N) is 5. The highest BCUT2D eigenvalue weighted by molar-refractivity contribution is 6.07. The summed E-state index contributed by atoms with van der Waals surface area (Å²) >= 11 is 0. The zero-order chi connectivity index (χ0) is 71.4. The van der Waals surface area contributed by atoms with Gasteiger partial charge in [-0.1, -0.05) is 96.8 Å². The summed E-state index contributed by atoms with van der Waals surface area (Å²) in [6.07, 6.45) is 6.33. The minimum atomic E-state index is -1.68. The summed E-state index contributed by atoms with van der Waals surface area (Å²) in [5.41, 5.74) is 18.5. The van der Waals surface area contributed by atoms with Crippen molar-refractivity contribution in [2.45, 2.75) is 106 Å². The molecule has 3 saturated heterocycles. The van der Waals surface area contributed by atoms with Gasteiger partial charge in [-0.2, -0.15) is 0 Å². The van der Waals surface area contributed by atoms with Gasteiger partial charge < -0.3 is 71.4 Å². The van der Waals surface area contributed by atoms with Crippen LogP contribution in [0.4, 0.5) is 21.2 Å². The van der Waals surface area contributed by atoms with Crippen LogP contribution in [-0.4, -0.2) is 172 Å². The number of carbonyl (C=O) groups is 7. The number of imide groups is 1. The number of aromatic nitrogens is 4. The summed E-state index contributed by atoms with van der Waals surface area (Å²) in [4.78, 5) is 127. The lowest BCUT2D eigenvalue weighted by Gasteiger charge is -2.45. The Hall–Kier alpha value is -11.0. The number of rotatable bonds is 24. The fourth-order valence-corrected chi connectivity index (χ4v) is 14.5. The zero-order valence-electron chi connectivity index (χ0n) is 57.0. The highest BCUT2D eigenvalue weighted by Gasteiger charge is 2.45. The van der Waals surface area contributed by atoms with Gasteiger partial charge in [-0.3, -0.25) is 33.7 Å². The number of amides is 8. The molecular formula is C76H82N14O12. The number of aliphatic hydroxyl groups excluding tert-OH is 1. The van der Waals surface area contributed by atoms with Crippen molar-refractivity contribution in [3.63, 3.8) is 0 Å². The third-order valence-electron chi connectivity index (χ3n) is 20.2. The molecule has 4 fully saturated rings. The lowest BCUT2D eigenvalue weighted by atomic mass is 9.87. The van der Waals surface area contributed by atoms with E-state index < -0.39 is 78.9 Å². The molecule has 26 heteroatoms. The number of benzene rings is 5. The fourth-order valence-electron chi connectivity index (χ4n) is 14.5. The Morgan fingerprint density at radius 2 is 1.46 bits per heavy atom. The molecule has 0 bridgehead atoms. The SMILES string of the molecule is COc1ccc(C#CCNC2(C)CCN(C3CCN(c4nc([C@@](CO)(OC5CC5)c5ccccc5)c5cc(-c6cn(C)c(=O)c7[nH]ccc67)ccc5n4)CC3)CC2)cc1N1CCC(=O)N(CNC(=O)[C@H](CC(N)=O)NC(=O)[C@H](CC(N)=O)NC(=O)OCC2c3ccccc3-c3ccccc32)C1=O. The van der Waals surface area contributed by atoms with Crippen LogP contribution < -0.4 is 52.8 Å². The molecule has 5 aliphatic rings. The minimum Gasteiger partial charge on any atom is -0.495 e. The number of alkyl carbamates (subject to hydrolysis) is 1. The van der Waals surface area contributed by atoms with Gasteiger partial charge in [0.05, 0.1) is 56.1 Å². The number of aliphatic hydroxyl groups is 1. The van der Waals surface area contributed by atoms with E-state index in [0.29, 0.717) is 46.7 Å². The van der Waals surface area contributed by atoms with Crippen LogP contribution in [0.15, 0.2) is 139 Å². The van der Waals surface area contributed by atoms with Crippen molar-refractivity contribution >= 4 is 75.1 Å². The van der Waals surface area contributed by atoms with Crippen molar-refractivity contribution in [1.82, 2.24) is 50.6 Å². The van der Waals surface area contributed by atoms with Crippen molar-refractivity contribution in [1.29, 1.82) is 0 Å². The number of pyridine rings is 1. The summed E-state index contributed by atoms with van der Waals surface area (Å²) in [6.45, 7) is 4.70. The molecule has 0 spiro atoms. The molecule has 3 aliphatic heterocycles. The maximum absolute atomic E-state index is 14.2. The van der Waals surface area contributed by atoms with E-state index in [2.05, 4.69) is 60.9 Å². The Kier molecular flexibility index (Phi) is 20.2. The number of nitrogens with zero attached hydrogens (tertiary/aromatic N) is 7. The van der Waals surface area contributed by atoms with Crippen LogP contribution in [0.3, 0.4) is 0 Å². The molecule has 0 radical (unpaired) electrons. The Labute approximate surface area is 588 Å². The largest absolute Gasteiger partial charge is 0.495 e. The van der Waals surface area contributed by atoms with Crippen LogP contribution >= 0.6 is 0 Å². The molecule has 528 valence electrons. The number of aromatic amines is 1. The molecule has 102 heavy (non-hydrogen) atoms. The number of methoxy groups -OCH3 is 1. The van der Waals surface area contributed by atoms with Gasteiger partial charge in [0.1, 0.15) is 36.6 Å². The number of anilines is 2. The highest BCUT2D eigenvalue weighted by Crippen LogP contribution is 2.46. The monoisotopic (exact) mass is 1380 g/mol. The van der Waals surface area contributed by atoms with Gasteiger partial charge in [0, 0.05) is 98.0 Å². The first-order chi connectivity index (χ1) is 49.3. The smallest absolute Gasteiger partial charge is 0.407 e. The fraction of sp³-hybridized carbons (Fsp3) is 0.368. The van der Waals surface area contributed by atoms with E-state index >= 15 is 0 Å². The second-order valence-electron chi connectivity index (χ2n) is 27.0. The van der Waals surface area contributed by atoms with E-state index in [1.54, 1.807) is 36.0 Å². The van der Waals surface area contributed by atoms with Crippen molar-refractivity contribution < 1.29 is 52.9 Å². The average Bonchev–Trinajstić information content (AvgIpc) is 1.05. The number of hydrogen-bond donors (Lipinski definition) is 8. The normalized spacial score (nSPS) is 17.4. The topological polar surface area (TPSA) is 344 Å². The summed E-state index contributed by atoms with van der Waals surface area (Å²) in [5.74, 6) is 2.39. The number of urea groups is 1. The summed E-state index contributed by atoms with van der Waals surface area (Å²) in [6, 6.07) is 34.6. The van der Waals surface area contributed by atoms with Gasteiger partial charge in [-0.15, -0.1) is 0 Å². The molecule has 3 atom stereocenters. The Bertz CT molecular complexity index is 4640. The third-order valence-corrected chi connectivity index (χ3v) is 20.2. The molecule has 1 saturated carbocycles. The van der Waals surface area contributed by atoms with E-state index in [0.717, 1.165) is 125 Å². The maximum atomic E-state index is 14.2. The van der Waals surface area contributed by atoms with Gasteiger partial charge in [0.15, 0.2) is 5.60 Å². The molecular weight excluding hydrogens is 1300 g/mol. The molecule has 8 amide bonds. The van der Waals surface area contributed by atoms with Crippen molar-refractivity contribution in [3.8, 4) is 39.8 Å². The molecule has 13 rings (SSSR count). The van der Waals surface area contributed by atoms with Gasteiger partial charge in [0.2, 0.25) is 35.5 Å². The third kappa shape index (κ3) is 14.6. The van der Waals surface area contributed by atoms with E-state index in [1.165, 1.54) is 12.0 Å². The first-order valence-corrected chi connectivity index (χ1v) is 34.4. The number of likely N-dealkylation sites (tertiary alicyclic amines) is 1. The molecule has 5 aromatic carbocycles. The maximum Gasteiger partial charge on any atom is 0.407 e. The van der Waals surface area contributed by atoms with Crippen LogP contribution in [0.5, 0.6) is 5.75 Å². The van der Waals surface area contributed by atoms with Crippen molar-refractivity contribution in [2.75, 3.05) is 76.1 Å². The molecule has 8 aromatic rings. The first-order valence-electron chi connectivity index (χ1n) is 34.4. The standard InChI is InChI=1S/C76H82N14O12/c1-75(29-36-87(37-30-75)49-26-33-88(34-27-49)72-83-59-23-20-47(57-42-86(2)71(97)67-55(57)25-32-79-67)39-56(59)68(85-72)76(44-91,102-50-21-22-50)48-13-5-4-6-14-48)81-31-11-12-46-19-24-63(100-3)62(38-46)89-35-28-66(94)90(74(89)99)45-80-69(95)60(40-64(77)92)82-70(96)61(41-65(78)93)84-73(98)101-43-58-53-17-9-7-15-51(53)52-16-8-10-18-54(52)58/h4-10,13-20,23-25,32,38-39,42,49-50,58,60-61,79,81,91H,21-22,26-31,33-37,40-41,43-45H2,1-3H3,(H2,77,92)(H2,78,93)(H,80,95)(H,82,96)(H,84,98)/t60-,61-,76-/m0/s1. The lowest BCUT2D eigenvalue weighted by molar-refractivity contribution is -0.134. The van der Waals surface area contributed by atoms with E-state index in [-0.39, 0.29) is 49.3 Å². The Morgan fingerprint density at radius 1 is 0.775 bits per heavy atom. The summed E-state index contributed by atoms with van der Waals surface area (Å²) < 4.78 is 19.8. The van der Waals surface area contributed by atoms with Crippen LogP contribution in [0.2, 0.25) is 0 Å². The average molecular weight is 1380 g/mol. The van der Waals surface area contributed by atoms with E-state index in [9.17, 15) is 43.5 Å². The summed E-state index contributed by atoms with van der Waals surface area (Å²) in [7, 11) is 3.19. The van der Waals surface area contributed by atoms with Gasteiger partial charge >= 0.3 is 12.1 Å². The number of ether oxygens (including phenoxy) is 3. The highest BCUT2D eigenvalue weighted by atomic mass is 16.5. The van der Waals surface area contributed by atoms with Gasteiger partial charge in [-0.25, -0.2) is 24.5 Å². The quantitative estimate of drug-likeness (QED) is 0.0334. The van der Waals surface area contributed by atoms with Crippen LogP contribution in [-0.2, 0) is 46.1 Å². The molecule has 0 unspecified atom stereocenters. The van der Waals surface area contributed by atoms with E-state index in [4.69, 9.17) is 35.6 Å². The molecule has 6 heterocycles. The molecule has 26 nitrogen and oxygen atoms in total.